The zero-order valence-electron chi connectivity index (χ0n) is 14.3. The summed E-state index contributed by atoms with van der Waals surface area (Å²) in [6, 6.07) is 8.30. The van der Waals surface area contributed by atoms with Crippen molar-refractivity contribution in [3.05, 3.63) is 51.4 Å². The van der Waals surface area contributed by atoms with Crippen molar-refractivity contribution >= 4 is 22.3 Å². The van der Waals surface area contributed by atoms with Crippen molar-refractivity contribution in [3.8, 4) is 11.5 Å². The molecule has 0 saturated heterocycles. The number of para-hydroxylation sites is 2. The Morgan fingerprint density at radius 2 is 2.04 bits per heavy atom. The number of aromatic nitrogens is 3. The molecule has 0 spiro atoms. The van der Waals surface area contributed by atoms with Gasteiger partial charge in [0.15, 0.2) is 18.1 Å². The van der Waals surface area contributed by atoms with Crippen LogP contribution in [0.4, 0.5) is 0 Å². The van der Waals surface area contributed by atoms with E-state index in [-0.39, 0.29) is 18.8 Å². The van der Waals surface area contributed by atoms with Gasteiger partial charge >= 0.3 is 5.97 Å². The molecule has 3 aromatic rings. The number of nitrogens with zero attached hydrogens (tertiary/aromatic N) is 3. The molecule has 136 valence electrons. The van der Waals surface area contributed by atoms with Gasteiger partial charge in [-0.2, -0.15) is 9.61 Å². The molecular formula is C17H17N3O5S. The van der Waals surface area contributed by atoms with Crippen LogP contribution in [0.5, 0.6) is 11.5 Å². The Labute approximate surface area is 153 Å². The minimum Gasteiger partial charge on any atom is -0.493 e. The maximum atomic E-state index is 12.0. The number of hydrogen-bond donors (Lipinski definition) is 0. The van der Waals surface area contributed by atoms with E-state index >= 15 is 0 Å². The van der Waals surface area contributed by atoms with E-state index in [9.17, 15) is 9.59 Å². The highest BCUT2D eigenvalue weighted by atomic mass is 32.1. The number of rotatable bonds is 7. The van der Waals surface area contributed by atoms with Gasteiger partial charge < -0.3 is 14.2 Å². The van der Waals surface area contributed by atoms with E-state index < -0.39 is 5.97 Å². The lowest BCUT2D eigenvalue weighted by molar-refractivity contribution is -0.147. The lowest BCUT2D eigenvalue weighted by atomic mass is 10.3. The van der Waals surface area contributed by atoms with Crippen LogP contribution in [0.1, 0.15) is 17.6 Å². The lowest BCUT2D eigenvalue weighted by Gasteiger charge is -2.10. The van der Waals surface area contributed by atoms with Gasteiger partial charge in [0, 0.05) is 6.07 Å². The summed E-state index contributed by atoms with van der Waals surface area (Å²) in [4.78, 5) is 28.7. The van der Waals surface area contributed by atoms with Gasteiger partial charge in [0.1, 0.15) is 11.6 Å². The molecule has 0 atom stereocenters. The summed E-state index contributed by atoms with van der Waals surface area (Å²) in [5.74, 6) is 0.398. The number of esters is 1. The van der Waals surface area contributed by atoms with Crippen LogP contribution in [0.2, 0.25) is 0 Å². The van der Waals surface area contributed by atoms with Gasteiger partial charge in [-0.05, 0) is 18.6 Å². The molecule has 0 unspecified atom stereocenters. The Morgan fingerprint density at radius 1 is 1.27 bits per heavy atom. The predicted molar refractivity (Wildman–Crippen MR) is 94.8 cm³/mol. The zero-order chi connectivity index (χ0) is 18.5. The predicted octanol–water partition coefficient (Wildman–Crippen LogP) is 1.84. The first-order chi connectivity index (χ1) is 12.6. The van der Waals surface area contributed by atoms with Crippen LogP contribution in [0, 0.1) is 0 Å². The van der Waals surface area contributed by atoms with E-state index in [1.165, 1.54) is 29.0 Å². The summed E-state index contributed by atoms with van der Waals surface area (Å²) in [5.41, 5.74) is 0.0641. The monoisotopic (exact) mass is 375 g/mol. The maximum absolute atomic E-state index is 12.0. The van der Waals surface area contributed by atoms with Crippen LogP contribution in [-0.2, 0) is 22.6 Å². The SMILES string of the molecule is CCc1nn2c(=O)cc(COC(=O)COc3ccccc3OC)nc2s1. The molecule has 3 rings (SSSR count). The Morgan fingerprint density at radius 3 is 2.77 bits per heavy atom. The topological polar surface area (TPSA) is 92.0 Å². The van der Waals surface area contributed by atoms with E-state index in [1.54, 1.807) is 24.3 Å². The van der Waals surface area contributed by atoms with E-state index in [2.05, 4.69) is 10.1 Å². The molecule has 0 aliphatic heterocycles. The highest BCUT2D eigenvalue weighted by molar-refractivity contribution is 7.16. The average Bonchev–Trinajstić information content (AvgIpc) is 3.09. The average molecular weight is 375 g/mol. The summed E-state index contributed by atoms with van der Waals surface area (Å²) in [5, 5.41) is 4.98. The van der Waals surface area contributed by atoms with Crippen molar-refractivity contribution < 1.29 is 19.0 Å². The maximum Gasteiger partial charge on any atom is 0.344 e. The molecule has 8 nitrogen and oxygen atoms in total. The number of ether oxygens (including phenoxy) is 3. The zero-order valence-corrected chi connectivity index (χ0v) is 15.1. The fourth-order valence-corrected chi connectivity index (χ4v) is 3.04. The molecule has 9 heteroatoms. The second-order valence-corrected chi connectivity index (χ2v) is 6.27. The Hall–Kier alpha value is -2.94. The Kier molecular flexibility index (Phi) is 5.47. The van der Waals surface area contributed by atoms with Crippen LogP contribution in [0.25, 0.3) is 4.96 Å². The van der Waals surface area contributed by atoms with Crippen molar-refractivity contribution in [3.63, 3.8) is 0 Å². The number of carbonyl (C=O) groups is 1. The number of hydrogen-bond acceptors (Lipinski definition) is 8. The summed E-state index contributed by atoms with van der Waals surface area (Å²) < 4.78 is 16.9. The smallest absolute Gasteiger partial charge is 0.344 e. The normalized spacial score (nSPS) is 10.7. The summed E-state index contributed by atoms with van der Waals surface area (Å²) in [6.07, 6.45) is 0.720. The minimum absolute atomic E-state index is 0.112. The van der Waals surface area contributed by atoms with E-state index in [1.807, 2.05) is 6.92 Å². The van der Waals surface area contributed by atoms with Crippen LogP contribution < -0.4 is 15.0 Å². The highest BCUT2D eigenvalue weighted by Gasteiger charge is 2.11. The van der Waals surface area contributed by atoms with Gasteiger partial charge in [-0.25, -0.2) is 9.78 Å². The summed E-state index contributed by atoms with van der Waals surface area (Å²) in [7, 11) is 1.52. The standard InChI is InChI=1S/C17H17N3O5S/c1-3-14-19-20-15(21)8-11(18-17(20)26-14)9-25-16(22)10-24-13-7-5-4-6-12(13)23-2/h4-8H,3,9-10H2,1-2H3. The first-order valence-corrected chi connectivity index (χ1v) is 8.72. The second-order valence-electron chi connectivity index (χ2n) is 5.23. The lowest BCUT2D eigenvalue weighted by Crippen LogP contribution is -2.18. The molecule has 1 aromatic carbocycles. The molecule has 0 fully saturated rings. The number of aryl methyl sites for hydroxylation is 1. The number of benzene rings is 1. The summed E-state index contributed by atoms with van der Waals surface area (Å²) in [6.45, 7) is 1.56. The number of carbonyl (C=O) groups excluding carboxylic acids is 1. The van der Waals surface area contributed by atoms with Gasteiger partial charge in [-0.15, -0.1) is 0 Å². The molecule has 0 aliphatic rings. The van der Waals surface area contributed by atoms with Crippen LogP contribution in [0.15, 0.2) is 35.1 Å². The molecule has 0 bridgehead atoms. The molecule has 26 heavy (non-hydrogen) atoms. The first kappa shape index (κ1) is 17.9. The van der Waals surface area contributed by atoms with Crippen molar-refractivity contribution in [2.75, 3.05) is 13.7 Å². The third kappa shape index (κ3) is 3.99. The van der Waals surface area contributed by atoms with Crippen LogP contribution >= 0.6 is 11.3 Å². The fourth-order valence-electron chi connectivity index (χ4n) is 2.18. The van der Waals surface area contributed by atoms with Crippen molar-refractivity contribution in [1.29, 1.82) is 0 Å². The Bertz CT molecular complexity index is 982. The summed E-state index contributed by atoms with van der Waals surface area (Å²) >= 11 is 1.33. The van der Waals surface area contributed by atoms with Crippen molar-refractivity contribution in [1.82, 2.24) is 14.6 Å². The third-order valence-corrected chi connectivity index (χ3v) is 4.49. The molecule has 0 N–H and O–H groups in total. The molecule has 0 saturated carbocycles. The van der Waals surface area contributed by atoms with Gasteiger partial charge in [-0.3, -0.25) is 4.79 Å². The van der Waals surface area contributed by atoms with Crippen molar-refractivity contribution in [2.24, 2.45) is 0 Å². The highest BCUT2D eigenvalue weighted by Crippen LogP contribution is 2.25. The quantitative estimate of drug-likeness (QED) is 0.582. The number of methoxy groups -OCH3 is 1. The molecular weight excluding hydrogens is 358 g/mol. The van der Waals surface area contributed by atoms with Crippen LogP contribution in [-0.4, -0.2) is 34.3 Å². The number of fused-ring (bicyclic) bond motifs is 1. The largest absolute Gasteiger partial charge is 0.493 e. The van der Waals surface area contributed by atoms with E-state index in [0.29, 0.717) is 22.2 Å². The van der Waals surface area contributed by atoms with Gasteiger partial charge in [-0.1, -0.05) is 30.4 Å². The third-order valence-electron chi connectivity index (χ3n) is 3.44. The van der Waals surface area contributed by atoms with Crippen LogP contribution in [0.3, 0.4) is 0 Å². The molecule has 0 radical (unpaired) electrons. The molecule has 0 aliphatic carbocycles. The first-order valence-electron chi connectivity index (χ1n) is 7.90. The molecule has 2 aromatic heterocycles. The van der Waals surface area contributed by atoms with Gasteiger partial charge in [0.05, 0.1) is 12.8 Å². The van der Waals surface area contributed by atoms with Gasteiger partial charge in [0.2, 0.25) is 4.96 Å². The minimum atomic E-state index is -0.573. The van der Waals surface area contributed by atoms with E-state index in [0.717, 1.165) is 11.4 Å². The Balaban J connectivity index is 1.60. The van der Waals surface area contributed by atoms with Gasteiger partial charge in [0.25, 0.3) is 5.56 Å². The fraction of sp³-hybridized carbons (Fsp3) is 0.294. The molecule has 2 heterocycles. The van der Waals surface area contributed by atoms with Crippen molar-refractivity contribution in [2.45, 2.75) is 20.0 Å². The van der Waals surface area contributed by atoms with E-state index in [4.69, 9.17) is 14.2 Å². The molecule has 0 amide bonds. The second kappa shape index (κ2) is 7.96.